The lowest BCUT2D eigenvalue weighted by Gasteiger charge is -2.09. The van der Waals surface area contributed by atoms with E-state index in [0.29, 0.717) is 17.3 Å². The van der Waals surface area contributed by atoms with E-state index in [1.165, 1.54) is 11.6 Å². The van der Waals surface area contributed by atoms with Crippen molar-refractivity contribution in [3.63, 3.8) is 0 Å². The SMILES string of the molecule is Cc1ccc(S(=O)(=O)Nc2ccc(NC(=O)C=Cc3ccc(C(C)C)cc3)cc2)cc1. The largest absolute Gasteiger partial charge is 0.323 e. The molecule has 0 aliphatic heterocycles. The van der Waals surface area contributed by atoms with E-state index in [1.807, 2.05) is 19.1 Å². The zero-order valence-corrected chi connectivity index (χ0v) is 18.6. The third-order valence-electron chi connectivity index (χ3n) is 4.77. The summed E-state index contributed by atoms with van der Waals surface area (Å²) in [5.74, 6) is 0.201. The molecule has 0 aromatic heterocycles. The van der Waals surface area contributed by atoms with E-state index in [9.17, 15) is 13.2 Å². The molecule has 0 unspecified atom stereocenters. The van der Waals surface area contributed by atoms with Crippen molar-refractivity contribution in [2.45, 2.75) is 31.6 Å². The summed E-state index contributed by atoms with van der Waals surface area (Å²) >= 11 is 0. The van der Waals surface area contributed by atoms with E-state index in [1.54, 1.807) is 54.6 Å². The minimum absolute atomic E-state index is 0.196. The summed E-state index contributed by atoms with van der Waals surface area (Å²) in [5, 5.41) is 2.77. The minimum Gasteiger partial charge on any atom is -0.323 e. The molecule has 3 aromatic rings. The number of carbonyl (C=O) groups is 1. The highest BCUT2D eigenvalue weighted by Crippen LogP contribution is 2.19. The Morgan fingerprint density at radius 3 is 2.00 bits per heavy atom. The monoisotopic (exact) mass is 434 g/mol. The Morgan fingerprint density at radius 1 is 0.839 bits per heavy atom. The maximum absolute atomic E-state index is 12.5. The van der Waals surface area contributed by atoms with Crippen molar-refractivity contribution in [2.24, 2.45) is 0 Å². The normalized spacial score (nSPS) is 11.6. The molecule has 1 amide bonds. The Labute approximate surface area is 183 Å². The van der Waals surface area contributed by atoms with Crippen molar-refractivity contribution < 1.29 is 13.2 Å². The molecule has 2 N–H and O–H groups in total. The van der Waals surface area contributed by atoms with Crippen LogP contribution in [0.25, 0.3) is 6.08 Å². The Balaban J connectivity index is 1.59. The smallest absolute Gasteiger partial charge is 0.261 e. The van der Waals surface area contributed by atoms with Crippen molar-refractivity contribution in [1.82, 2.24) is 0 Å². The zero-order valence-electron chi connectivity index (χ0n) is 17.8. The lowest BCUT2D eigenvalue weighted by molar-refractivity contribution is -0.111. The molecule has 0 atom stereocenters. The molecule has 31 heavy (non-hydrogen) atoms. The van der Waals surface area contributed by atoms with Crippen LogP contribution in [-0.2, 0) is 14.8 Å². The molecular weight excluding hydrogens is 408 g/mol. The summed E-state index contributed by atoms with van der Waals surface area (Å²) in [6.07, 6.45) is 3.22. The molecule has 0 aliphatic carbocycles. The van der Waals surface area contributed by atoms with Crippen LogP contribution in [0.3, 0.4) is 0 Å². The van der Waals surface area contributed by atoms with Gasteiger partial charge in [-0.1, -0.05) is 55.8 Å². The fourth-order valence-corrected chi connectivity index (χ4v) is 3.96. The third-order valence-corrected chi connectivity index (χ3v) is 6.16. The van der Waals surface area contributed by atoms with Crippen LogP contribution in [-0.4, -0.2) is 14.3 Å². The van der Waals surface area contributed by atoms with Crippen LogP contribution in [0, 0.1) is 6.92 Å². The van der Waals surface area contributed by atoms with Gasteiger partial charge in [-0.3, -0.25) is 9.52 Å². The Hall–Kier alpha value is -3.38. The molecule has 0 fully saturated rings. The van der Waals surface area contributed by atoms with Gasteiger partial charge < -0.3 is 5.32 Å². The van der Waals surface area contributed by atoms with E-state index in [4.69, 9.17) is 0 Å². The summed E-state index contributed by atoms with van der Waals surface area (Å²) < 4.78 is 27.5. The van der Waals surface area contributed by atoms with Crippen LogP contribution in [0.1, 0.15) is 36.5 Å². The number of anilines is 2. The average Bonchev–Trinajstić information content (AvgIpc) is 2.74. The number of hydrogen-bond donors (Lipinski definition) is 2. The van der Waals surface area contributed by atoms with Gasteiger partial charge >= 0.3 is 0 Å². The van der Waals surface area contributed by atoms with Gasteiger partial charge in [-0.05, 0) is 66.4 Å². The van der Waals surface area contributed by atoms with Crippen molar-refractivity contribution >= 4 is 33.4 Å². The second kappa shape index (κ2) is 9.62. The first-order chi connectivity index (χ1) is 14.7. The van der Waals surface area contributed by atoms with Gasteiger partial charge in [0.05, 0.1) is 4.90 Å². The van der Waals surface area contributed by atoms with Crippen molar-refractivity contribution in [2.75, 3.05) is 10.0 Å². The van der Waals surface area contributed by atoms with Crippen LogP contribution < -0.4 is 10.0 Å². The number of benzene rings is 3. The topological polar surface area (TPSA) is 75.3 Å². The van der Waals surface area contributed by atoms with Gasteiger partial charge in [0.15, 0.2) is 0 Å². The van der Waals surface area contributed by atoms with Crippen molar-refractivity contribution in [1.29, 1.82) is 0 Å². The first kappa shape index (κ1) is 22.3. The molecule has 6 heteroatoms. The van der Waals surface area contributed by atoms with Crippen LogP contribution in [0.4, 0.5) is 11.4 Å². The molecular formula is C25H26N2O3S. The predicted octanol–water partition coefficient (Wildman–Crippen LogP) is 5.57. The fraction of sp³-hybridized carbons (Fsp3) is 0.160. The highest BCUT2D eigenvalue weighted by Gasteiger charge is 2.13. The molecule has 0 saturated heterocycles. The molecule has 0 radical (unpaired) electrons. The quantitative estimate of drug-likeness (QED) is 0.477. The molecule has 0 aliphatic rings. The maximum atomic E-state index is 12.5. The molecule has 0 saturated carbocycles. The molecule has 160 valence electrons. The third kappa shape index (κ3) is 6.30. The Bertz CT molecular complexity index is 1160. The number of nitrogens with one attached hydrogen (secondary N) is 2. The van der Waals surface area contributed by atoms with E-state index in [0.717, 1.165) is 11.1 Å². The summed E-state index contributed by atoms with van der Waals surface area (Å²) in [6, 6.07) is 21.2. The van der Waals surface area contributed by atoms with Crippen LogP contribution in [0.5, 0.6) is 0 Å². The van der Waals surface area contributed by atoms with Gasteiger partial charge in [0.2, 0.25) is 5.91 Å². The predicted molar refractivity (Wildman–Crippen MR) is 127 cm³/mol. The molecule has 0 heterocycles. The van der Waals surface area contributed by atoms with Crippen LogP contribution >= 0.6 is 0 Å². The van der Waals surface area contributed by atoms with Crippen molar-refractivity contribution in [3.8, 4) is 0 Å². The number of aryl methyl sites for hydroxylation is 1. The maximum Gasteiger partial charge on any atom is 0.261 e. The lowest BCUT2D eigenvalue weighted by Crippen LogP contribution is -2.13. The minimum atomic E-state index is -3.66. The van der Waals surface area contributed by atoms with Crippen LogP contribution in [0.15, 0.2) is 83.8 Å². The van der Waals surface area contributed by atoms with Gasteiger partial charge in [0.25, 0.3) is 10.0 Å². The van der Waals surface area contributed by atoms with Gasteiger partial charge in [0, 0.05) is 17.5 Å². The highest BCUT2D eigenvalue weighted by atomic mass is 32.2. The van der Waals surface area contributed by atoms with Gasteiger partial charge in [-0.15, -0.1) is 0 Å². The number of carbonyl (C=O) groups excluding carboxylic acids is 1. The Morgan fingerprint density at radius 2 is 1.42 bits per heavy atom. The summed E-state index contributed by atoms with van der Waals surface area (Å²) in [5.41, 5.74) is 4.17. The molecule has 5 nitrogen and oxygen atoms in total. The van der Waals surface area contributed by atoms with E-state index < -0.39 is 10.0 Å². The van der Waals surface area contributed by atoms with E-state index in [2.05, 4.69) is 36.0 Å². The Kier molecular flexibility index (Phi) is 6.92. The molecule has 3 rings (SSSR count). The number of hydrogen-bond acceptors (Lipinski definition) is 3. The first-order valence-corrected chi connectivity index (χ1v) is 11.5. The number of rotatable bonds is 7. The average molecular weight is 435 g/mol. The first-order valence-electron chi connectivity index (χ1n) is 10.0. The summed E-state index contributed by atoms with van der Waals surface area (Å²) in [6.45, 7) is 6.17. The van der Waals surface area contributed by atoms with Crippen molar-refractivity contribution in [3.05, 3.63) is 95.6 Å². The lowest BCUT2D eigenvalue weighted by atomic mass is 10.0. The standard InChI is InChI=1S/C25H26N2O3S/c1-18(2)21-9-6-20(7-10-21)8-17-25(28)26-22-11-13-23(14-12-22)27-31(29,30)24-15-4-19(3)5-16-24/h4-18,27H,1-3H3,(H,26,28). The summed E-state index contributed by atoms with van der Waals surface area (Å²) in [4.78, 5) is 12.4. The molecule has 3 aromatic carbocycles. The zero-order chi connectivity index (χ0) is 22.4. The number of amides is 1. The highest BCUT2D eigenvalue weighted by molar-refractivity contribution is 7.92. The molecule has 0 bridgehead atoms. The van der Waals surface area contributed by atoms with Gasteiger partial charge in [-0.2, -0.15) is 0 Å². The van der Waals surface area contributed by atoms with Crippen LogP contribution in [0.2, 0.25) is 0 Å². The summed E-state index contributed by atoms with van der Waals surface area (Å²) in [7, 11) is -3.66. The number of sulfonamides is 1. The fourth-order valence-electron chi connectivity index (χ4n) is 2.90. The van der Waals surface area contributed by atoms with Gasteiger partial charge in [-0.25, -0.2) is 8.42 Å². The second-order valence-corrected chi connectivity index (χ2v) is 9.32. The molecule has 0 spiro atoms. The second-order valence-electron chi connectivity index (χ2n) is 7.64. The van der Waals surface area contributed by atoms with Gasteiger partial charge in [0.1, 0.15) is 0 Å². The van der Waals surface area contributed by atoms with E-state index >= 15 is 0 Å². The van der Waals surface area contributed by atoms with E-state index in [-0.39, 0.29) is 10.8 Å².